The van der Waals surface area contributed by atoms with E-state index >= 15 is 0 Å². The largest absolute Gasteiger partial charge is 0.329 e. The van der Waals surface area contributed by atoms with E-state index in [2.05, 4.69) is 42.9 Å². The molecule has 0 radical (unpaired) electrons. The highest BCUT2D eigenvalue weighted by Gasteiger charge is 2.37. The van der Waals surface area contributed by atoms with Crippen molar-refractivity contribution in [3.8, 4) is 0 Å². The molecular formula is C18H31N3. The second-order valence-electron chi connectivity index (χ2n) is 7.47. The van der Waals surface area contributed by atoms with Crippen molar-refractivity contribution in [2.45, 2.75) is 57.9 Å². The van der Waals surface area contributed by atoms with Crippen LogP contribution in [0.4, 0.5) is 0 Å². The number of pyridine rings is 1. The zero-order chi connectivity index (χ0) is 15.3. The van der Waals surface area contributed by atoms with Gasteiger partial charge in [-0.3, -0.25) is 9.88 Å². The van der Waals surface area contributed by atoms with Crippen molar-refractivity contribution in [2.24, 2.45) is 11.1 Å². The van der Waals surface area contributed by atoms with E-state index in [1.54, 1.807) is 0 Å². The predicted molar refractivity (Wildman–Crippen MR) is 89.2 cm³/mol. The molecule has 2 rings (SSSR count). The molecule has 0 bridgehead atoms. The fourth-order valence-electron chi connectivity index (χ4n) is 3.54. The Morgan fingerprint density at radius 2 is 1.86 bits per heavy atom. The van der Waals surface area contributed by atoms with Gasteiger partial charge in [-0.2, -0.15) is 0 Å². The van der Waals surface area contributed by atoms with Crippen molar-refractivity contribution in [3.05, 3.63) is 30.1 Å². The van der Waals surface area contributed by atoms with Crippen molar-refractivity contribution in [1.29, 1.82) is 0 Å². The van der Waals surface area contributed by atoms with Crippen molar-refractivity contribution in [3.63, 3.8) is 0 Å². The van der Waals surface area contributed by atoms with Gasteiger partial charge in [0.05, 0.1) is 0 Å². The Bertz CT molecular complexity index is 429. The lowest BCUT2D eigenvalue weighted by molar-refractivity contribution is 0.105. The standard InChI is InChI=1S/C18H31N3/c1-17(2)8-4-9-18(15-19,11-10-17)21(3)14-7-16-5-12-20-13-6-16/h5-6,12-13H,4,7-11,14-15,19H2,1-3H3. The molecule has 0 spiro atoms. The van der Waals surface area contributed by atoms with Crippen molar-refractivity contribution in [2.75, 3.05) is 20.1 Å². The van der Waals surface area contributed by atoms with E-state index < -0.39 is 0 Å². The molecule has 1 aliphatic rings. The number of hydrogen-bond donors (Lipinski definition) is 1. The summed E-state index contributed by atoms with van der Waals surface area (Å²) in [5.41, 5.74) is 8.24. The number of nitrogens with zero attached hydrogens (tertiary/aromatic N) is 2. The first-order valence-electron chi connectivity index (χ1n) is 8.28. The van der Waals surface area contributed by atoms with Gasteiger partial charge in [-0.25, -0.2) is 0 Å². The van der Waals surface area contributed by atoms with Gasteiger partial charge >= 0.3 is 0 Å². The van der Waals surface area contributed by atoms with Gasteiger partial charge in [-0.1, -0.05) is 20.3 Å². The summed E-state index contributed by atoms with van der Waals surface area (Å²) in [6.07, 6.45) is 11.2. The zero-order valence-electron chi connectivity index (χ0n) is 13.9. The molecule has 0 amide bonds. The van der Waals surface area contributed by atoms with E-state index in [9.17, 15) is 0 Å². The molecule has 2 N–H and O–H groups in total. The van der Waals surface area contributed by atoms with E-state index in [0.717, 1.165) is 19.5 Å². The minimum Gasteiger partial charge on any atom is -0.329 e. The fourth-order valence-corrected chi connectivity index (χ4v) is 3.54. The van der Waals surface area contributed by atoms with Crippen LogP contribution in [0.2, 0.25) is 0 Å². The molecule has 1 fully saturated rings. The van der Waals surface area contributed by atoms with Gasteiger partial charge in [0.2, 0.25) is 0 Å². The van der Waals surface area contributed by atoms with Gasteiger partial charge in [0.15, 0.2) is 0 Å². The van der Waals surface area contributed by atoms with Crippen LogP contribution < -0.4 is 5.73 Å². The topological polar surface area (TPSA) is 42.2 Å². The second-order valence-corrected chi connectivity index (χ2v) is 7.47. The van der Waals surface area contributed by atoms with Crippen LogP contribution in [0.1, 0.15) is 51.5 Å². The Morgan fingerprint density at radius 3 is 2.52 bits per heavy atom. The number of aromatic nitrogens is 1. The first kappa shape index (κ1) is 16.4. The van der Waals surface area contributed by atoms with Crippen LogP contribution >= 0.6 is 0 Å². The molecule has 3 nitrogen and oxygen atoms in total. The fraction of sp³-hybridized carbons (Fsp3) is 0.722. The van der Waals surface area contributed by atoms with E-state index in [1.807, 2.05) is 12.4 Å². The highest BCUT2D eigenvalue weighted by atomic mass is 15.2. The quantitative estimate of drug-likeness (QED) is 0.846. The summed E-state index contributed by atoms with van der Waals surface area (Å²) in [6.45, 7) is 6.64. The molecular weight excluding hydrogens is 258 g/mol. The predicted octanol–water partition coefficient (Wildman–Crippen LogP) is 3.24. The lowest BCUT2D eigenvalue weighted by atomic mass is 9.83. The van der Waals surface area contributed by atoms with Crippen LogP contribution in [0.3, 0.4) is 0 Å². The SMILES string of the molecule is CN(CCc1ccncc1)C1(CN)CCCC(C)(C)CC1. The molecule has 0 aromatic carbocycles. The highest BCUT2D eigenvalue weighted by molar-refractivity contribution is 5.10. The van der Waals surface area contributed by atoms with E-state index in [1.165, 1.54) is 37.7 Å². The van der Waals surface area contributed by atoms with Crippen LogP contribution in [0.15, 0.2) is 24.5 Å². The van der Waals surface area contributed by atoms with Crippen molar-refractivity contribution >= 4 is 0 Å². The summed E-state index contributed by atoms with van der Waals surface area (Å²) in [7, 11) is 2.26. The summed E-state index contributed by atoms with van der Waals surface area (Å²) in [4.78, 5) is 6.61. The third-order valence-electron chi connectivity index (χ3n) is 5.44. The van der Waals surface area contributed by atoms with E-state index in [4.69, 9.17) is 5.73 Å². The Hall–Kier alpha value is -0.930. The Morgan fingerprint density at radius 1 is 1.14 bits per heavy atom. The minimum atomic E-state index is 0.195. The van der Waals surface area contributed by atoms with Crippen LogP contribution in [0.25, 0.3) is 0 Å². The first-order valence-corrected chi connectivity index (χ1v) is 8.28. The number of likely N-dealkylation sites (N-methyl/N-ethyl adjacent to an activating group) is 1. The maximum Gasteiger partial charge on any atom is 0.0329 e. The van der Waals surface area contributed by atoms with Gasteiger partial charge in [-0.15, -0.1) is 0 Å². The maximum absolute atomic E-state index is 6.21. The number of rotatable bonds is 5. The summed E-state index contributed by atoms with van der Waals surface area (Å²) >= 11 is 0. The molecule has 3 heteroatoms. The average molecular weight is 289 g/mol. The number of nitrogens with two attached hydrogens (primary N) is 1. The average Bonchev–Trinajstić information content (AvgIpc) is 2.65. The van der Waals surface area contributed by atoms with Crippen LogP contribution in [0.5, 0.6) is 0 Å². The Labute approximate surface area is 129 Å². The molecule has 1 heterocycles. The summed E-state index contributed by atoms with van der Waals surface area (Å²) in [5, 5.41) is 0. The lowest BCUT2D eigenvalue weighted by Gasteiger charge is -2.41. The van der Waals surface area contributed by atoms with E-state index in [-0.39, 0.29) is 5.54 Å². The van der Waals surface area contributed by atoms with Gasteiger partial charge in [0, 0.05) is 31.0 Å². The van der Waals surface area contributed by atoms with E-state index in [0.29, 0.717) is 5.41 Å². The number of hydrogen-bond acceptors (Lipinski definition) is 3. The second kappa shape index (κ2) is 6.89. The smallest absolute Gasteiger partial charge is 0.0329 e. The summed E-state index contributed by atoms with van der Waals surface area (Å²) < 4.78 is 0. The van der Waals surface area contributed by atoms with Gasteiger partial charge in [-0.05, 0) is 62.3 Å². The van der Waals surface area contributed by atoms with Crippen molar-refractivity contribution in [1.82, 2.24) is 9.88 Å². The van der Waals surface area contributed by atoms with Crippen LogP contribution in [-0.2, 0) is 6.42 Å². The zero-order valence-corrected chi connectivity index (χ0v) is 13.9. The normalized spacial score (nSPS) is 25.8. The molecule has 0 saturated heterocycles. The Balaban J connectivity index is 1.99. The molecule has 0 aliphatic heterocycles. The molecule has 1 aromatic rings. The molecule has 1 unspecified atom stereocenters. The first-order chi connectivity index (χ1) is 9.97. The van der Waals surface area contributed by atoms with Crippen LogP contribution in [-0.4, -0.2) is 35.6 Å². The maximum atomic E-state index is 6.21. The molecule has 1 aromatic heterocycles. The van der Waals surface area contributed by atoms with Crippen LogP contribution in [0, 0.1) is 5.41 Å². The van der Waals surface area contributed by atoms with Gasteiger partial charge < -0.3 is 5.73 Å². The lowest BCUT2D eigenvalue weighted by Crippen LogP contribution is -2.52. The van der Waals surface area contributed by atoms with Gasteiger partial charge in [0.25, 0.3) is 0 Å². The van der Waals surface area contributed by atoms with Gasteiger partial charge in [0.1, 0.15) is 0 Å². The summed E-state index contributed by atoms with van der Waals surface area (Å²) in [5.74, 6) is 0. The third kappa shape index (κ3) is 4.27. The molecule has 1 aliphatic carbocycles. The monoisotopic (exact) mass is 289 g/mol. The molecule has 1 atom stereocenters. The minimum absolute atomic E-state index is 0.195. The highest BCUT2D eigenvalue weighted by Crippen LogP contribution is 2.40. The Kier molecular flexibility index (Phi) is 5.39. The molecule has 118 valence electrons. The molecule has 1 saturated carbocycles. The van der Waals surface area contributed by atoms with Crippen molar-refractivity contribution < 1.29 is 0 Å². The third-order valence-corrected chi connectivity index (χ3v) is 5.44. The summed E-state index contributed by atoms with van der Waals surface area (Å²) in [6, 6.07) is 4.22. The molecule has 21 heavy (non-hydrogen) atoms.